The van der Waals surface area contributed by atoms with E-state index in [1.165, 1.54) is 6.42 Å². The van der Waals surface area contributed by atoms with Crippen molar-refractivity contribution < 1.29 is 0 Å². The average molecular weight is 156 g/mol. The molecular formula is C9H20N2. The van der Waals surface area contributed by atoms with Crippen LogP contribution in [0.5, 0.6) is 0 Å². The summed E-state index contributed by atoms with van der Waals surface area (Å²) in [5, 5.41) is 6.47. The molecule has 0 bridgehead atoms. The Kier molecular flexibility index (Phi) is 5.90. The van der Waals surface area contributed by atoms with E-state index in [2.05, 4.69) is 37.8 Å². The number of nitrogens with zero attached hydrogens (tertiary/aromatic N) is 2. The minimum atomic E-state index is 0.526. The highest BCUT2D eigenvalue weighted by Crippen LogP contribution is 1.99. The van der Waals surface area contributed by atoms with Crippen LogP contribution in [0.4, 0.5) is 0 Å². The second-order valence-electron chi connectivity index (χ2n) is 2.96. The molecule has 0 rings (SSSR count). The van der Waals surface area contributed by atoms with Gasteiger partial charge in [0.25, 0.3) is 0 Å². The Bertz CT molecular complexity index is 108. The fraction of sp³-hybridized carbons (Fsp3) is 0.889. The van der Waals surface area contributed by atoms with E-state index in [9.17, 15) is 0 Å². The zero-order chi connectivity index (χ0) is 8.69. The first-order valence-electron chi connectivity index (χ1n) is 4.51. The molecule has 0 spiro atoms. The molecule has 0 heterocycles. The van der Waals surface area contributed by atoms with E-state index in [1.54, 1.807) is 0 Å². The largest absolute Gasteiger partial charge is 0.295 e. The van der Waals surface area contributed by atoms with Crippen molar-refractivity contribution in [3.63, 3.8) is 0 Å². The second kappa shape index (κ2) is 6.20. The SMILES string of the molecule is CC/C=N\N(CCC)C(C)C. The lowest BCUT2D eigenvalue weighted by Gasteiger charge is -2.22. The maximum absolute atomic E-state index is 4.34. The summed E-state index contributed by atoms with van der Waals surface area (Å²) in [6.45, 7) is 9.68. The highest BCUT2D eigenvalue weighted by atomic mass is 15.5. The van der Waals surface area contributed by atoms with E-state index in [0.717, 1.165) is 13.0 Å². The first-order chi connectivity index (χ1) is 5.22. The van der Waals surface area contributed by atoms with E-state index < -0.39 is 0 Å². The number of hydrogen-bond donors (Lipinski definition) is 0. The van der Waals surface area contributed by atoms with Crippen LogP contribution in [-0.2, 0) is 0 Å². The fourth-order valence-electron chi connectivity index (χ4n) is 0.865. The lowest BCUT2D eigenvalue weighted by atomic mass is 10.3. The summed E-state index contributed by atoms with van der Waals surface area (Å²) in [6.07, 6.45) is 4.15. The highest BCUT2D eigenvalue weighted by molar-refractivity contribution is 5.56. The van der Waals surface area contributed by atoms with Crippen molar-refractivity contribution in [1.82, 2.24) is 5.01 Å². The van der Waals surface area contributed by atoms with Crippen molar-refractivity contribution >= 4 is 6.21 Å². The van der Waals surface area contributed by atoms with Gasteiger partial charge in [-0.05, 0) is 26.7 Å². The van der Waals surface area contributed by atoms with Crippen LogP contribution in [0.1, 0.15) is 40.5 Å². The maximum Gasteiger partial charge on any atom is 0.0414 e. The topological polar surface area (TPSA) is 15.6 Å². The molecule has 66 valence electrons. The van der Waals surface area contributed by atoms with Gasteiger partial charge in [-0.25, -0.2) is 0 Å². The van der Waals surface area contributed by atoms with Gasteiger partial charge in [0.05, 0.1) is 0 Å². The van der Waals surface area contributed by atoms with Gasteiger partial charge in [-0.1, -0.05) is 13.8 Å². The van der Waals surface area contributed by atoms with Crippen LogP contribution in [0.3, 0.4) is 0 Å². The molecular weight excluding hydrogens is 136 g/mol. The van der Waals surface area contributed by atoms with Crippen LogP contribution in [0.15, 0.2) is 5.10 Å². The van der Waals surface area contributed by atoms with Gasteiger partial charge in [0.15, 0.2) is 0 Å². The Labute approximate surface area is 70.3 Å². The monoisotopic (exact) mass is 156 g/mol. The molecule has 0 aromatic rings. The molecule has 0 unspecified atom stereocenters. The third-order valence-electron chi connectivity index (χ3n) is 1.46. The number of hydrogen-bond acceptors (Lipinski definition) is 2. The van der Waals surface area contributed by atoms with E-state index in [1.807, 2.05) is 6.21 Å². The summed E-state index contributed by atoms with van der Waals surface area (Å²) >= 11 is 0. The summed E-state index contributed by atoms with van der Waals surface area (Å²) in [5.74, 6) is 0. The molecule has 0 fully saturated rings. The fourth-order valence-corrected chi connectivity index (χ4v) is 0.865. The molecule has 2 heteroatoms. The van der Waals surface area contributed by atoms with Crippen molar-refractivity contribution in [1.29, 1.82) is 0 Å². The molecule has 0 aliphatic carbocycles. The molecule has 0 atom stereocenters. The molecule has 0 aromatic carbocycles. The molecule has 11 heavy (non-hydrogen) atoms. The third kappa shape index (κ3) is 4.82. The molecule has 0 radical (unpaired) electrons. The van der Waals surface area contributed by atoms with Crippen LogP contribution in [0.25, 0.3) is 0 Å². The Balaban J connectivity index is 3.78. The van der Waals surface area contributed by atoms with Crippen LogP contribution >= 0.6 is 0 Å². The molecule has 0 aromatic heterocycles. The zero-order valence-corrected chi connectivity index (χ0v) is 8.17. The summed E-state index contributed by atoms with van der Waals surface area (Å²) in [4.78, 5) is 0. The van der Waals surface area contributed by atoms with Crippen molar-refractivity contribution in [3.8, 4) is 0 Å². The standard InChI is InChI=1S/C9H20N2/c1-5-7-10-11(8-6-2)9(3)4/h7,9H,5-6,8H2,1-4H3/b10-7-. The smallest absolute Gasteiger partial charge is 0.0414 e. The van der Waals surface area contributed by atoms with Gasteiger partial charge >= 0.3 is 0 Å². The molecule has 0 N–H and O–H groups in total. The summed E-state index contributed by atoms with van der Waals surface area (Å²) < 4.78 is 0. The molecule has 0 saturated carbocycles. The van der Waals surface area contributed by atoms with E-state index >= 15 is 0 Å². The zero-order valence-electron chi connectivity index (χ0n) is 8.17. The summed E-state index contributed by atoms with van der Waals surface area (Å²) in [6, 6.07) is 0.526. The van der Waals surface area contributed by atoms with E-state index in [-0.39, 0.29) is 0 Å². The number of hydrazone groups is 1. The van der Waals surface area contributed by atoms with Crippen molar-refractivity contribution in [2.45, 2.75) is 46.6 Å². The summed E-state index contributed by atoms with van der Waals surface area (Å²) in [7, 11) is 0. The Morgan fingerprint density at radius 1 is 1.36 bits per heavy atom. The molecule has 2 nitrogen and oxygen atoms in total. The van der Waals surface area contributed by atoms with Crippen LogP contribution in [0.2, 0.25) is 0 Å². The lowest BCUT2D eigenvalue weighted by Crippen LogP contribution is -2.26. The predicted molar refractivity (Wildman–Crippen MR) is 50.9 cm³/mol. The molecule has 0 saturated heterocycles. The normalized spacial score (nSPS) is 11.4. The first-order valence-corrected chi connectivity index (χ1v) is 4.51. The van der Waals surface area contributed by atoms with E-state index in [0.29, 0.717) is 6.04 Å². The van der Waals surface area contributed by atoms with Crippen LogP contribution < -0.4 is 0 Å². The van der Waals surface area contributed by atoms with Gasteiger partial charge in [-0.15, -0.1) is 0 Å². The predicted octanol–water partition coefficient (Wildman–Crippen LogP) is 2.50. The molecule has 0 amide bonds. The minimum Gasteiger partial charge on any atom is -0.295 e. The Morgan fingerprint density at radius 3 is 2.36 bits per heavy atom. The highest BCUT2D eigenvalue weighted by Gasteiger charge is 2.01. The first kappa shape index (κ1) is 10.5. The third-order valence-corrected chi connectivity index (χ3v) is 1.46. The number of rotatable bonds is 5. The Morgan fingerprint density at radius 2 is 2.00 bits per heavy atom. The lowest BCUT2D eigenvalue weighted by molar-refractivity contribution is 0.234. The summed E-state index contributed by atoms with van der Waals surface area (Å²) in [5.41, 5.74) is 0. The van der Waals surface area contributed by atoms with Crippen molar-refractivity contribution in [2.75, 3.05) is 6.54 Å². The van der Waals surface area contributed by atoms with Crippen LogP contribution in [-0.4, -0.2) is 23.8 Å². The van der Waals surface area contributed by atoms with Crippen molar-refractivity contribution in [2.24, 2.45) is 5.10 Å². The quantitative estimate of drug-likeness (QED) is 0.441. The van der Waals surface area contributed by atoms with Crippen LogP contribution in [0, 0.1) is 0 Å². The van der Waals surface area contributed by atoms with Gasteiger partial charge in [0.2, 0.25) is 0 Å². The van der Waals surface area contributed by atoms with Crippen molar-refractivity contribution in [3.05, 3.63) is 0 Å². The Hall–Kier alpha value is -0.530. The van der Waals surface area contributed by atoms with Gasteiger partial charge in [-0.2, -0.15) is 5.10 Å². The van der Waals surface area contributed by atoms with E-state index in [4.69, 9.17) is 0 Å². The second-order valence-corrected chi connectivity index (χ2v) is 2.96. The minimum absolute atomic E-state index is 0.526. The average Bonchev–Trinajstić information content (AvgIpc) is 1.97. The van der Waals surface area contributed by atoms with Gasteiger partial charge in [0, 0.05) is 18.8 Å². The molecule has 0 aliphatic heterocycles. The maximum atomic E-state index is 4.34. The molecule has 0 aliphatic rings. The van der Waals surface area contributed by atoms with Gasteiger partial charge < -0.3 is 0 Å². The van der Waals surface area contributed by atoms with Gasteiger partial charge in [-0.3, -0.25) is 5.01 Å². The van der Waals surface area contributed by atoms with Gasteiger partial charge in [0.1, 0.15) is 0 Å².